The monoisotopic (exact) mass is 230 g/mol. The van der Waals surface area contributed by atoms with Crippen molar-refractivity contribution in [1.82, 2.24) is 4.90 Å². The van der Waals surface area contributed by atoms with Crippen LogP contribution in [0.3, 0.4) is 0 Å². The van der Waals surface area contributed by atoms with Crippen molar-refractivity contribution in [2.45, 2.75) is 50.9 Å². The molecule has 0 amide bonds. The molecule has 1 aliphatic rings. The van der Waals surface area contributed by atoms with Gasteiger partial charge in [-0.2, -0.15) is 0 Å². The number of likely N-dealkylation sites (N-methyl/N-ethyl adjacent to an activating group) is 1. The molecule has 0 saturated heterocycles. The minimum Gasteiger partial charge on any atom is -0.391 e. The first kappa shape index (κ1) is 13.9. The zero-order valence-corrected chi connectivity index (χ0v) is 10.6. The van der Waals surface area contributed by atoms with Gasteiger partial charge in [0, 0.05) is 25.7 Å². The smallest absolute Gasteiger partial charge is 0.0823 e. The highest BCUT2D eigenvalue weighted by Crippen LogP contribution is 2.22. The van der Waals surface area contributed by atoms with Gasteiger partial charge < -0.3 is 15.6 Å². The van der Waals surface area contributed by atoms with Gasteiger partial charge in [-0.3, -0.25) is 4.90 Å². The summed E-state index contributed by atoms with van der Waals surface area (Å²) >= 11 is 0. The molecule has 0 aromatic carbocycles. The van der Waals surface area contributed by atoms with E-state index in [1.54, 1.807) is 0 Å². The second-order valence-electron chi connectivity index (χ2n) is 4.67. The molecular weight excluding hydrogens is 204 g/mol. The molecule has 96 valence electrons. The van der Waals surface area contributed by atoms with Crippen molar-refractivity contribution in [3.63, 3.8) is 0 Å². The number of hydrogen-bond donors (Lipinski definition) is 2. The molecule has 4 heteroatoms. The molecule has 1 rings (SSSR count). The summed E-state index contributed by atoms with van der Waals surface area (Å²) in [5, 5.41) is 9.94. The molecule has 0 aromatic heterocycles. The van der Waals surface area contributed by atoms with E-state index >= 15 is 0 Å². The number of ether oxygens (including phenoxy) is 1. The highest BCUT2D eigenvalue weighted by molar-refractivity contribution is 4.82. The van der Waals surface area contributed by atoms with E-state index in [9.17, 15) is 5.11 Å². The highest BCUT2D eigenvalue weighted by Gasteiger charge is 2.27. The van der Waals surface area contributed by atoms with Gasteiger partial charge in [0.2, 0.25) is 0 Å². The van der Waals surface area contributed by atoms with E-state index in [-0.39, 0.29) is 18.2 Å². The van der Waals surface area contributed by atoms with Crippen LogP contribution < -0.4 is 5.73 Å². The van der Waals surface area contributed by atoms with Gasteiger partial charge in [-0.25, -0.2) is 0 Å². The molecule has 3 atom stereocenters. The summed E-state index contributed by atoms with van der Waals surface area (Å²) in [6.45, 7) is 4.04. The average Bonchev–Trinajstić information content (AvgIpc) is 2.28. The molecule has 0 spiro atoms. The Kier molecular flexibility index (Phi) is 6.28. The lowest BCUT2D eigenvalue weighted by molar-refractivity contribution is -0.00740. The Hall–Kier alpha value is -0.160. The summed E-state index contributed by atoms with van der Waals surface area (Å²) in [5.74, 6) is 0. The van der Waals surface area contributed by atoms with E-state index in [1.807, 2.05) is 6.92 Å². The molecule has 1 saturated carbocycles. The van der Waals surface area contributed by atoms with Crippen LogP contribution in [0.4, 0.5) is 0 Å². The van der Waals surface area contributed by atoms with Crippen LogP contribution in [0.2, 0.25) is 0 Å². The number of nitrogens with two attached hydrogens (primary N) is 1. The quantitative estimate of drug-likeness (QED) is 0.701. The fraction of sp³-hybridized carbons (Fsp3) is 1.00. The van der Waals surface area contributed by atoms with Gasteiger partial charge in [0.15, 0.2) is 0 Å². The molecule has 0 heterocycles. The maximum Gasteiger partial charge on any atom is 0.0823 e. The molecule has 1 aliphatic carbocycles. The van der Waals surface area contributed by atoms with Crippen LogP contribution in [0.15, 0.2) is 0 Å². The molecule has 3 N–H and O–H groups in total. The summed E-state index contributed by atoms with van der Waals surface area (Å²) in [6, 6.07) is 0.281. The lowest BCUT2D eigenvalue weighted by atomic mass is 9.91. The predicted molar refractivity (Wildman–Crippen MR) is 65.4 cm³/mol. The van der Waals surface area contributed by atoms with E-state index in [2.05, 4.69) is 11.9 Å². The van der Waals surface area contributed by atoms with E-state index in [0.717, 1.165) is 25.8 Å². The molecule has 4 nitrogen and oxygen atoms in total. The number of nitrogens with zero attached hydrogens (tertiary/aromatic N) is 1. The molecular formula is C12H26N2O2. The number of aliphatic hydroxyl groups excluding tert-OH is 1. The lowest BCUT2D eigenvalue weighted by Crippen LogP contribution is -2.47. The van der Waals surface area contributed by atoms with E-state index < -0.39 is 0 Å². The summed E-state index contributed by atoms with van der Waals surface area (Å²) in [4.78, 5) is 2.21. The van der Waals surface area contributed by atoms with Crippen molar-refractivity contribution >= 4 is 0 Å². The van der Waals surface area contributed by atoms with Crippen molar-refractivity contribution in [3.8, 4) is 0 Å². The Bertz CT molecular complexity index is 190. The topological polar surface area (TPSA) is 58.7 Å². The number of aliphatic hydroxyl groups is 1. The van der Waals surface area contributed by atoms with E-state index in [1.165, 1.54) is 6.42 Å². The predicted octanol–water partition coefficient (Wildman–Crippen LogP) is 0.586. The molecule has 1 fully saturated rings. The van der Waals surface area contributed by atoms with Gasteiger partial charge >= 0.3 is 0 Å². The molecule has 0 aliphatic heterocycles. The maximum atomic E-state index is 9.94. The van der Waals surface area contributed by atoms with Crippen molar-refractivity contribution < 1.29 is 9.84 Å². The minimum absolute atomic E-state index is 0.0872. The van der Waals surface area contributed by atoms with Gasteiger partial charge in [0.25, 0.3) is 0 Å². The molecule has 0 aromatic rings. The van der Waals surface area contributed by atoms with Crippen LogP contribution >= 0.6 is 0 Å². The second-order valence-corrected chi connectivity index (χ2v) is 4.67. The van der Waals surface area contributed by atoms with Crippen molar-refractivity contribution in [2.24, 2.45) is 5.73 Å². The molecule has 0 radical (unpaired) electrons. The zero-order chi connectivity index (χ0) is 12.0. The summed E-state index contributed by atoms with van der Waals surface area (Å²) in [7, 11) is 2.06. The lowest BCUT2D eigenvalue weighted by Gasteiger charge is -2.36. The van der Waals surface area contributed by atoms with Gasteiger partial charge in [0.1, 0.15) is 0 Å². The van der Waals surface area contributed by atoms with Crippen molar-refractivity contribution in [1.29, 1.82) is 0 Å². The Labute approximate surface area is 98.8 Å². The third-order valence-electron chi connectivity index (χ3n) is 3.42. The molecule has 16 heavy (non-hydrogen) atoms. The Balaban J connectivity index is 2.39. The van der Waals surface area contributed by atoms with E-state index in [0.29, 0.717) is 13.2 Å². The average molecular weight is 230 g/mol. The number of rotatable bonds is 6. The fourth-order valence-corrected chi connectivity index (χ4v) is 2.49. The van der Waals surface area contributed by atoms with Crippen LogP contribution in [-0.2, 0) is 4.74 Å². The first-order valence-electron chi connectivity index (χ1n) is 6.39. The Morgan fingerprint density at radius 3 is 2.69 bits per heavy atom. The standard InChI is InChI=1S/C12H26N2O2/c1-3-16-10(8-13)9-14(2)11-6-4-5-7-12(11)15/h10-12,15H,3-9,13H2,1-2H3. The Morgan fingerprint density at radius 2 is 2.12 bits per heavy atom. The Morgan fingerprint density at radius 1 is 1.44 bits per heavy atom. The van der Waals surface area contributed by atoms with Gasteiger partial charge in [-0.1, -0.05) is 12.8 Å². The molecule has 0 bridgehead atoms. The summed E-state index contributed by atoms with van der Waals surface area (Å²) < 4.78 is 5.54. The van der Waals surface area contributed by atoms with Crippen LogP contribution in [0.1, 0.15) is 32.6 Å². The van der Waals surface area contributed by atoms with E-state index in [4.69, 9.17) is 10.5 Å². The zero-order valence-electron chi connectivity index (χ0n) is 10.6. The van der Waals surface area contributed by atoms with Crippen LogP contribution in [0.5, 0.6) is 0 Å². The van der Waals surface area contributed by atoms with Crippen LogP contribution in [-0.4, -0.2) is 55.0 Å². The van der Waals surface area contributed by atoms with Crippen molar-refractivity contribution in [3.05, 3.63) is 0 Å². The minimum atomic E-state index is -0.182. The third-order valence-corrected chi connectivity index (χ3v) is 3.42. The van der Waals surface area contributed by atoms with Crippen LogP contribution in [0, 0.1) is 0 Å². The maximum absolute atomic E-state index is 9.94. The molecule has 3 unspecified atom stereocenters. The summed E-state index contributed by atoms with van der Waals surface area (Å²) in [5.41, 5.74) is 5.66. The van der Waals surface area contributed by atoms with Gasteiger partial charge in [0.05, 0.1) is 12.2 Å². The normalized spacial score (nSPS) is 28.3. The third kappa shape index (κ3) is 4.01. The largest absolute Gasteiger partial charge is 0.391 e. The van der Waals surface area contributed by atoms with Gasteiger partial charge in [-0.15, -0.1) is 0 Å². The van der Waals surface area contributed by atoms with Crippen molar-refractivity contribution in [2.75, 3.05) is 26.7 Å². The van der Waals surface area contributed by atoms with Gasteiger partial charge in [-0.05, 0) is 26.8 Å². The fourth-order valence-electron chi connectivity index (χ4n) is 2.49. The second kappa shape index (κ2) is 7.22. The SMILES string of the molecule is CCOC(CN)CN(C)C1CCCCC1O. The number of hydrogen-bond acceptors (Lipinski definition) is 4. The first-order chi connectivity index (χ1) is 7.69. The first-order valence-corrected chi connectivity index (χ1v) is 6.39. The summed E-state index contributed by atoms with van der Waals surface area (Å²) in [6.07, 6.45) is 4.28. The highest BCUT2D eigenvalue weighted by atomic mass is 16.5. The van der Waals surface area contributed by atoms with Crippen LogP contribution in [0.25, 0.3) is 0 Å².